The lowest BCUT2D eigenvalue weighted by atomic mass is 10.2. The number of furan rings is 1. The monoisotopic (exact) mass is 612 g/mol. The number of hydrogen-bond acceptors (Lipinski definition) is 7. The van der Waals surface area contributed by atoms with Crippen molar-refractivity contribution in [1.29, 1.82) is 0 Å². The number of nitrogens with zero attached hydrogens (tertiary/aromatic N) is 1. The van der Waals surface area contributed by atoms with Crippen molar-refractivity contribution in [3.63, 3.8) is 0 Å². The molecule has 0 aliphatic carbocycles. The molecule has 1 unspecified atom stereocenters. The normalized spacial score (nSPS) is 11.9. The third-order valence-electron chi connectivity index (χ3n) is 6.03. The summed E-state index contributed by atoms with van der Waals surface area (Å²) in [4.78, 5) is 43.9. The SMILES string of the molecule is CC(Sc1ccc(NC(=O)/C(=C/c2ccco2)NC(=O)c2ccccc2)cc1)C(=O)Nc1nc(-c2ccc(F)cc2)cs1. The topological polar surface area (TPSA) is 113 Å². The van der Waals surface area contributed by atoms with E-state index in [4.69, 9.17) is 4.42 Å². The zero-order valence-corrected chi connectivity index (χ0v) is 24.4. The van der Waals surface area contributed by atoms with Crippen molar-refractivity contribution >= 4 is 57.7 Å². The molecule has 5 rings (SSSR count). The number of aromatic nitrogens is 1. The minimum atomic E-state index is -0.530. The van der Waals surface area contributed by atoms with E-state index in [0.717, 1.165) is 10.5 Å². The number of rotatable bonds is 10. The summed E-state index contributed by atoms with van der Waals surface area (Å²) < 4.78 is 18.5. The highest BCUT2D eigenvalue weighted by molar-refractivity contribution is 8.00. The number of carbonyl (C=O) groups excluding carboxylic acids is 3. The molecule has 3 aromatic carbocycles. The fourth-order valence-electron chi connectivity index (χ4n) is 3.82. The van der Waals surface area contributed by atoms with Crippen molar-refractivity contribution in [2.75, 3.05) is 10.6 Å². The lowest BCUT2D eigenvalue weighted by Crippen LogP contribution is -2.30. The van der Waals surface area contributed by atoms with Crippen LogP contribution in [0.2, 0.25) is 0 Å². The largest absolute Gasteiger partial charge is 0.465 e. The number of amides is 3. The number of thioether (sulfide) groups is 1. The van der Waals surface area contributed by atoms with Crippen LogP contribution in [0.25, 0.3) is 17.3 Å². The van der Waals surface area contributed by atoms with E-state index in [1.54, 1.807) is 91.2 Å². The predicted molar refractivity (Wildman–Crippen MR) is 167 cm³/mol. The molecule has 0 fully saturated rings. The second kappa shape index (κ2) is 13.8. The molecule has 0 aliphatic heterocycles. The summed E-state index contributed by atoms with van der Waals surface area (Å²) in [6.45, 7) is 1.78. The van der Waals surface area contributed by atoms with Crippen molar-refractivity contribution in [2.24, 2.45) is 0 Å². The average Bonchev–Trinajstić information content (AvgIpc) is 3.71. The van der Waals surface area contributed by atoms with Crippen LogP contribution in [0.4, 0.5) is 15.2 Å². The van der Waals surface area contributed by atoms with Crippen LogP contribution in [0.3, 0.4) is 0 Å². The Labute approximate surface area is 255 Å². The molecule has 0 bridgehead atoms. The van der Waals surface area contributed by atoms with Gasteiger partial charge in [0.1, 0.15) is 17.3 Å². The van der Waals surface area contributed by atoms with Crippen molar-refractivity contribution in [3.8, 4) is 11.3 Å². The van der Waals surface area contributed by atoms with Gasteiger partial charge in [0.2, 0.25) is 5.91 Å². The summed E-state index contributed by atoms with van der Waals surface area (Å²) >= 11 is 2.64. The summed E-state index contributed by atoms with van der Waals surface area (Å²) in [7, 11) is 0. The molecule has 11 heteroatoms. The summed E-state index contributed by atoms with van der Waals surface area (Å²) in [6, 6.07) is 24.9. The van der Waals surface area contributed by atoms with Crippen molar-refractivity contribution in [2.45, 2.75) is 17.1 Å². The van der Waals surface area contributed by atoms with Crippen molar-refractivity contribution in [1.82, 2.24) is 10.3 Å². The van der Waals surface area contributed by atoms with Crippen LogP contribution in [0.5, 0.6) is 0 Å². The van der Waals surface area contributed by atoms with E-state index in [-0.39, 0.29) is 17.4 Å². The van der Waals surface area contributed by atoms with Crippen LogP contribution >= 0.6 is 23.1 Å². The third kappa shape index (κ3) is 8.06. The van der Waals surface area contributed by atoms with E-state index in [1.807, 2.05) is 0 Å². The first kappa shape index (κ1) is 29.5. The second-order valence-electron chi connectivity index (χ2n) is 9.17. The van der Waals surface area contributed by atoms with Crippen LogP contribution in [-0.4, -0.2) is 28.0 Å². The van der Waals surface area contributed by atoms with E-state index in [2.05, 4.69) is 20.9 Å². The molecule has 0 radical (unpaired) electrons. The van der Waals surface area contributed by atoms with Gasteiger partial charge in [-0.1, -0.05) is 18.2 Å². The first-order chi connectivity index (χ1) is 20.8. The lowest BCUT2D eigenvalue weighted by Gasteiger charge is -2.13. The lowest BCUT2D eigenvalue weighted by molar-refractivity contribution is -0.115. The molecule has 2 heterocycles. The van der Waals surface area contributed by atoms with Crippen LogP contribution in [0.1, 0.15) is 23.0 Å². The molecule has 3 amide bonds. The molecular weight excluding hydrogens is 588 g/mol. The molecule has 0 saturated heterocycles. The quantitative estimate of drug-likeness (QED) is 0.115. The van der Waals surface area contributed by atoms with Crippen LogP contribution in [0.15, 0.2) is 118 Å². The Kier molecular flexibility index (Phi) is 9.45. The Morgan fingerprint density at radius 1 is 0.930 bits per heavy atom. The maximum absolute atomic E-state index is 13.2. The summed E-state index contributed by atoms with van der Waals surface area (Å²) in [5, 5.41) is 10.1. The van der Waals surface area contributed by atoms with Crippen LogP contribution in [-0.2, 0) is 9.59 Å². The molecular formula is C32H25FN4O4S2. The van der Waals surface area contributed by atoms with Gasteiger partial charge in [0.15, 0.2) is 5.13 Å². The molecule has 43 heavy (non-hydrogen) atoms. The number of halogens is 1. The predicted octanol–water partition coefficient (Wildman–Crippen LogP) is 7.07. The summed E-state index contributed by atoms with van der Waals surface area (Å²) in [6.07, 6.45) is 2.92. The minimum Gasteiger partial charge on any atom is -0.465 e. The zero-order valence-electron chi connectivity index (χ0n) is 22.7. The summed E-state index contributed by atoms with van der Waals surface area (Å²) in [5.41, 5.74) is 2.33. The number of nitrogens with one attached hydrogen (secondary N) is 3. The van der Waals surface area contributed by atoms with Gasteiger partial charge < -0.3 is 20.4 Å². The van der Waals surface area contributed by atoms with Gasteiger partial charge >= 0.3 is 0 Å². The molecule has 0 spiro atoms. The fraction of sp³-hybridized carbons (Fsp3) is 0.0625. The van der Waals surface area contributed by atoms with Gasteiger partial charge in [0.05, 0.1) is 17.2 Å². The van der Waals surface area contributed by atoms with Gasteiger partial charge in [0.25, 0.3) is 11.8 Å². The standard InChI is InChI=1S/C32H25FN4O4S2/c1-20(29(38)37-32-36-28(19-42-32)21-9-11-23(33)12-10-21)43-26-15-13-24(14-16-26)34-31(40)27(18-25-8-5-17-41-25)35-30(39)22-6-3-2-4-7-22/h2-20H,1H3,(H,34,40)(H,35,39)(H,36,37,38)/b27-18-. The highest BCUT2D eigenvalue weighted by Gasteiger charge is 2.18. The van der Waals surface area contributed by atoms with E-state index in [9.17, 15) is 18.8 Å². The number of benzene rings is 3. The number of anilines is 2. The Bertz CT molecular complexity index is 1740. The number of thiazole rings is 1. The molecule has 5 aromatic rings. The number of carbonyl (C=O) groups is 3. The van der Waals surface area contributed by atoms with Gasteiger partial charge in [-0.05, 0) is 79.7 Å². The first-order valence-electron chi connectivity index (χ1n) is 13.1. The van der Waals surface area contributed by atoms with Gasteiger partial charge in [-0.25, -0.2) is 9.37 Å². The second-order valence-corrected chi connectivity index (χ2v) is 11.4. The van der Waals surface area contributed by atoms with E-state index in [1.165, 1.54) is 47.6 Å². The minimum absolute atomic E-state index is 0.0114. The van der Waals surface area contributed by atoms with E-state index >= 15 is 0 Å². The van der Waals surface area contributed by atoms with E-state index in [0.29, 0.717) is 27.8 Å². The van der Waals surface area contributed by atoms with Gasteiger partial charge in [-0.15, -0.1) is 23.1 Å². The fourth-order valence-corrected chi connectivity index (χ4v) is 5.41. The van der Waals surface area contributed by atoms with E-state index < -0.39 is 17.1 Å². The molecule has 3 N–H and O–H groups in total. The maximum Gasteiger partial charge on any atom is 0.272 e. The van der Waals surface area contributed by atoms with Gasteiger partial charge in [-0.3, -0.25) is 14.4 Å². The summed E-state index contributed by atoms with van der Waals surface area (Å²) in [5.74, 6) is -1.10. The maximum atomic E-state index is 13.2. The van der Waals surface area contributed by atoms with Crippen molar-refractivity contribution in [3.05, 3.63) is 125 Å². The molecule has 0 saturated carbocycles. The molecule has 1 atom stereocenters. The Morgan fingerprint density at radius 2 is 1.67 bits per heavy atom. The van der Waals surface area contributed by atoms with Crippen molar-refractivity contribution < 1.29 is 23.2 Å². The third-order valence-corrected chi connectivity index (χ3v) is 7.90. The highest BCUT2D eigenvalue weighted by atomic mass is 32.2. The van der Waals surface area contributed by atoms with Crippen LogP contribution in [0, 0.1) is 5.82 Å². The highest BCUT2D eigenvalue weighted by Crippen LogP contribution is 2.28. The molecule has 216 valence electrons. The zero-order chi connectivity index (χ0) is 30.2. The van der Waals surface area contributed by atoms with Gasteiger partial charge in [-0.2, -0.15) is 0 Å². The molecule has 8 nitrogen and oxygen atoms in total. The van der Waals surface area contributed by atoms with Gasteiger partial charge in [0, 0.05) is 33.2 Å². The average molecular weight is 613 g/mol. The number of hydrogen-bond donors (Lipinski definition) is 3. The first-order valence-corrected chi connectivity index (χ1v) is 14.8. The Balaban J connectivity index is 1.18. The smallest absolute Gasteiger partial charge is 0.272 e. The molecule has 0 aliphatic rings. The Hall–Kier alpha value is -5.00. The molecule has 2 aromatic heterocycles. The Morgan fingerprint density at radius 3 is 2.37 bits per heavy atom. The van der Waals surface area contributed by atoms with Crippen LogP contribution < -0.4 is 16.0 Å².